The van der Waals surface area contributed by atoms with Crippen molar-refractivity contribution in [1.29, 1.82) is 0 Å². The van der Waals surface area contributed by atoms with Gasteiger partial charge in [0.15, 0.2) is 9.84 Å². The summed E-state index contributed by atoms with van der Waals surface area (Å²) in [6.45, 7) is 8.67. The van der Waals surface area contributed by atoms with Crippen molar-refractivity contribution in [1.82, 2.24) is 0 Å². The van der Waals surface area contributed by atoms with Crippen LogP contribution in [0.3, 0.4) is 0 Å². The van der Waals surface area contributed by atoms with Gasteiger partial charge < -0.3 is 0 Å². The molecule has 4 aliphatic rings. The van der Waals surface area contributed by atoms with Crippen LogP contribution in [0.2, 0.25) is 0 Å². The van der Waals surface area contributed by atoms with E-state index in [9.17, 15) is 12.6 Å². The van der Waals surface area contributed by atoms with Crippen LogP contribution in [0.15, 0.2) is 0 Å². The largest absolute Gasteiger partial charge is 0.260 e. The maximum absolute atomic E-state index is 10.3. The third-order valence-corrected chi connectivity index (χ3v) is 9.86. The average Bonchev–Trinajstić information content (AvgIpc) is 2.33. The molecule has 23 heavy (non-hydrogen) atoms. The molecule has 0 unspecified atom stereocenters. The summed E-state index contributed by atoms with van der Waals surface area (Å²) in [4.78, 5) is 0. The van der Waals surface area contributed by atoms with Crippen LogP contribution in [0.1, 0.15) is 47.0 Å². The molecule has 1 saturated carbocycles. The third-order valence-electron chi connectivity index (χ3n) is 4.22. The topological polar surface area (TPSA) is 51.2 Å². The van der Waals surface area contributed by atoms with E-state index in [-0.39, 0.29) is 0 Å². The third kappa shape index (κ3) is 10.1. The van der Waals surface area contributed by atoms with E-state index in [0.29, 0.717) is 17.4 Å². The number of sulfone groups is 1. The number of thioether (sulfide) groups is 1. The van der Waals surface area contributed by atoms with Gasteiger partial charge >= 0.3 is 0 Å². The molecule has 3 heterocycles. The van der Waals surface area contributed by atoms with Crippen LogP contribution in [0.4, 0.5) is 0 Å². The van der Waals surface area contributed by atoms with Gasteiger partial charge in [-0.3, -0.25) is 4.21 Å². The SMILES string of the molecule is CC1CCC1.CC1CS(=O)(=O)C1.CC1CS(=O)C1.CC1CSC1. The normalized spacial score (nSPS) is 31.8. The molecule has 4 rings (SSSR count). The Labute approximate surface area is 150 Å². The predicted octanol–water partition coefficient (Wildman–Crippen LogP) is 3.61. The van der Waals surface area contributed by atoms with Gasteiger partial charge in [0, 0.05) is 22.3 Å². The van der Waals surface area contributed by atoms with Crippen LogP contribution in [-0.2, 0) is 20.6 Å². The van der Waals surface area contributed by atoms with E-state index >= 15 is 0 Å². The first-order valence-corrected chi connectivity index (χ1v) is 13.3. The zero-order valence-corrected chi connectivity index (χ0v) is 17.6. The molecule has 0 aromatic rings. The monoisotopic (exact) mass is 382 g/mol. The van der Waals surface area contributed by atoms with Gasteiger partial charge in [-0.15, -0.1) is 0 Å². The fourth-order valence-electron chi connectivity index (χ4n) is 2.37. The second kappa shape index (κ2) is 10.4. The van der Waals surface area contributed by atoms with Crippen molar-refractivity contribution >= 4 is 32.4 Å². The molecule has 6 heteroatoms. The Balaban J connectivity index is 0.000000155. The standard InChI is InChI=1S/C5H10.C4H8O2S.C4H8OS.C4H8S/c1-5-3-2-4-5;1-4-2-7(5,6)3-4;1-4-2-6(5)3-4;1-4-2-5-3-4/h5H,2-4H2,1H3;4H,2-3H2,1H3;4H,2-3H2,1H3;4H,2-3H2,1H3. The van der Waals surface area contributed by atoms with Gasteiger partial charge in [0.2, 0.25) is 0 Å². The highest BCUT2D eigenvalue weighted by atomic mass is 32.2. The van der Waals surface area contributed by atoms with Crippen LogP contribution in [-0.4, -0.2) is 47.1 Å². The van der Waals surface area contributed by atoms with Crippen LogP contribution < -0.4 is 0 Å². The first kappa shape index (κ1) is 21.5. The zero-order valence-electron chi connectivity index (χ0n) is 15.1. The van der Waals surface area contributed by atoms with Gasteiger partial charge in [-0.05, 0) is 35.2 Å². The molecule has 138 valence electrons. The Morgan fingerprint density at radius 1 is 0.826 bits per heavy atom. The van der Waals surface area contributed by atoms with Crippen LogP contribution in [0.25, 0.3) is 0 Å². The smallest absolute Gasteiger partial charge is 0.150 e. The lowest BCUT2D eigenvalue weighted by Gasteiger charge is -2.20. The summed E-state index contributed by atoms with van der Waals surface area (Å²) in [6.07, 6.45) is 4.46. The molecule has 4 fully saturated rings. The Kier molecular flexibility index (Phi) is 9.76. The maximum Gasteiger partial charge on any atom is 0.150 e. The maximum atomic E-state index is 10.3. The highest BCUT2D eigenvalue weighted by molar-refractivity contribution is 8.00. The van der Waals surface area contributed by atoms with Gasteiger partial charge in [0.1, 0.15) is 0 Å². The zero-order chi connectivity index (χ0) is 17.5. The number of hydrogen-bond donors (Lipinski definition) is 0. The van der Waals surface area contributed by atoms with Gasteiger partial charge in [-0.2, -0.15) is 11.8 Å². The van der Waals surface area contributed by atoms with Crippen LogP contribution >= 0.6 is 11.8 Å². The Hall–Kier alpha value is 0.450. The molecule has 0 aromatic heterocycles. The molecule has 0 bridgehead atoms. The summed E-state index contributed by atoms with van der Waals surface area (Å²) < 4.78 is 30.8. The highest BCUT2D eigenvalue weighted by Crippen LogP contribution is 2.24. The number of hydrogen-bond acceptors (Lipinski definition) is 4. The Morgan fingerprint density at radius 3 is 1.26 bits per heavy atom. The minimum absolute atomic E-state index is 0.410. The van der Waals surface area contributed by atoms with E-state index in [1.54, 1.807) is 0 Å². The first-order valence-electron chi connectivity index (χ1n) is 8.81. The van der Waals surface area contributed by atoms with Gasteiger partial charge in [0.05, 0.1) is 11.5 Å². The molecule has 0 atom stereocenters. The molecule has 0 amide bonds. The van der Waals surface area contributed by atoms with E-state index in [4.69, 9.17) is 0 Å². The van der Waals surface area contributed by atoms with Gasteiger partial charge in [-0.1, -0.05) is 47.0 Å². The molecule has 0 N–H and O–H groups in total. The highest BCUT2D eigenvalue weighted by Gasteiger charge is 2.28. The summed E-state index contributed by atoms with van der Waals surface area (Å²) in [7, 11) is -2.95. The molecule has 0 aromatic carbocycles. The van der Waals surface area contributed by atoms with Crippen molar-refractivity contribution in [3.8, 4) is 0 Å². The Bertz CT molecular complexity index is 422. The minimum Gasteiger partial charge on any atom is -0.260 e. The molecule has 3 aliphatic heterocycles. The average molecular weight is 383 g/mol. The van der Waals surface area contributed by atoms with Crippen molar-refractivity contribution in [2.45, 2.75) is 47.0 Å². The second-order valence-corrected chi connectivity index (χ2v) is 12.5. The lowest BCUT2D eigenvalue weighted by atomic mass is 9.88. The second-order valence-electron chi connectivity index (χ2n) is 7.74. The minimum atomic E-state index is -2.53. The van der Waals surface area contributed by atoms with Crippen molar-refractivity contribution in [3.63, 3.8) is 0 Å². The quantitative estimate of drug-likeness (QED) is 0.642. The summed E-state index contributed by atoms with van der Waals surface area (Å²) in [5.41, 5.74) is 0. The Morgan fingerprint density at radius 2 is 1.26 bits per heavy atom. The molecule has 1 aliphatic carbocycles. The van der Waals surface area contributed by atoms with E-state index in [0.717, 1.165) is 29.3 Å². The summed E-state index contributed by atoms with van der Waals surface area (Å²) in [5, 5.41) is 0. The molecular weight excluding hydrogens is 348 g/mol. The summed E-state index contributed by atoms with van der Waals surface area (Å²) in [6, 6.07) is 0. The van der Waals surface area contributed by atoms with Crippen LogP contribution in [0, 0.1) is 23.7 Å². The predicted molar refractivity (Wildman–Crippen MR) is 104 cm³/mol. The van der Waals surface area contributed by atoms with Crippen molar-refractivity contribution in [2.24, 2.45) is 23.7 Å². The van der Waals surface area contributed by atoms with E-state index in [1.807, 2.05) is 18.7 Å². The fourth-order valence-corrected chi connectivity index (χ4v) is 5.89. The van der Waals surface area contributed by atoms with E-state index in [2.05, 4.69) is 20.8 Å². The first-order chi connectivity index (χ1) is 10.7. The summed E-state index contributed by atoms with van der Waals surface area (Å²) >= 11 is 2.05. The van der Waals surface area contributed by atoms with Crippen LogP contribution in [0.5, 0.6) is 0 Å². The fraction of sp³-hybridized carbons (Fsp3) is 1.00. The van der Waals surface area contributed by atoms with Gasteiger partial charge in [-0.25, -0.2) is 8.42 Å². The molecular formula is C17H34O3S3. The van der Waals surface area contributed by atoms with Gasteiger partial charge in [0.25, 0.3) is 0 Å². The van der Waals surface area contributed by atoms with E-state index in [1.165, 1.54) is 30.8 Å². The molecule has 3 nitrogen and oxygen atoms in total. The molecule has 0 spiro atoms. The molecule has 0 radical (unpaired) electrons. The number of rotatable bonds is 0. The summed E-state index contributed by atoms with van der Waals surface area (Å²) in [5.74, 6) is 8.77. The van der Waals surface area contributed by atoms with E-state index < -0.39 is 20.6 Å². The lowest BCUT2D eigenvalue weighted by Crippen LogP contribution is -2.33. The molecule has 3 saturated heterocycles. The van der Waals surface area contributed by atoms with Crippen molar-refractivity contribution in [3.05, 3.63) is 0 Å². The van der Waals surface area contributed by atoms with Crippen molar-refractivity contribution in [2.75, 3.05) is 34.5 Å². The van der Waals surface area contributed by atoms with Crippen molar-refractivity contribution < 1.29 is 12.6 Å². The lowest BCUT2D eigenvalue weighted by molar-refractivity contribution is 0.346.